The first kappa shape index (κ1) is 12.0. The number of fused-ring (bicyclic) bond motifs is 1. The van der Waals surface area contributed by atoms with Crippen LogP contribution in [0.2, 0.25) is 0 Å². The monoisotopic (exact) mass is 257 g/mol. The van der Waals surface area contributed by atoms with Gasteiger partial charge in [0.15, 0.2) is 11.6 Å². The second kappa shape index (κ2) is 4.92. The van der Waals surface area contributed by atoms with E-state index in [1.807, 2.05) is 24.3 Å². The summed E-state index contributed by atoms with van der Waals surface area (Å²) >= 11 is 0. The van der Waals surface area contributed by atoms with Crippen LogP contribution in [0.4, 0.5) is 8.78 Å². The minimum atomic E-state index is -0.780. The van der Waals surface area contributed by atoms with Gasteiger partial charge in [-0.15, -0.1) is 0 Å². The smallest absolute Gasteiger partial charge is 0.162 e. The molecule has 1 heterocycles. The Morgan fingerprint density at radius 1 is 1.11 bits per heavy atom. The van der Waals surface area contributed by atoms with E-state index in [9.17, 15) is 8.78 Å². The van der Waals surface area contributed by atoms with Crippen molar-refractivity contribution in [2.75, 3.05) is 0 Å². The van der Waals surface area contributed by atoms with Crippen molar-refractivity contribution in [3.05, 3.63) is 71.1 Å². The highest BCUT2D eigenvalue weighted by atomic mass is 19.2. The first-order valence-electron chi connectivity index (χ1n) is 6.30. The normalized spacial score (nSPS) is 17.9. The Balaban J connectivity index is 2.00. The van der Waals surface area contributed by atoms with Crippen molar-refractivity contribution < 1.29 is 8.78 Å². The number of aromatic nitrogens is 1. The largest absolute Gasteiger partial charge is 0.257 e. The van der Waals surface area contributed by atoms with Crippen LogP contribution in [-0.4, -0.2) is 4.98 Å². The first-order valence-corrected chi connectivity index (χ1v) is 6.30. The molecular weight excluding hydrogens is 244 g/mol. The molecule has 0 saturated carbocycles. The van der Waals surface area contributed by atoms with Gasteiger partial charge in [0.2, 0.25) is 0 Å². The molecule has 0 N–H and O–H groups in total. The summed E-state index contributed by atoms with van der Waals surface area (Å²) in [4.78, 5) is 4.29. The van der Waals surface area contributed by atoms with Crippen molar-refractivity contribution in [2.45, 2.75) is 18.8 Å². The van der Waals surface area contributed by atoms with E-state index >= 15 is 0 Å². The summed E-state index contributed by atoms with van der Waals surface area (Å²) < 4.78 is 27.2. The van der Waals surface area contributed by atoms with Gasteiger partial charge in [0.05, 0.1) is 5.69 Å². The van der Waals surface area contributed by atoms with Gasteiger partial charge in [-0.3, -0.25) is 4.98 Å². The SMILES string of the molecule is Fc1cccc(C2CC=Cc3ncccc3C2)c1F. The lowest BCUT2D eigenvalue weighted by molar-refractivity contribution is 0.486. The van der Waals surface area contributed by atoms with Crippen LogP contribution in [0.25, 0.3) is 6.08 Å². The molecule has 3 heteroatoms. The molecule has 0 amide bonds. The number of halogens is 2. The Hall–Kier alpha value is -2.03. The summed E-state index contributed by atoms with van der Waals surface area (Å²) in [5.41, 5.74) is 2.44. The average molecular weight is 257 g/mol. The number of hydrogen-bond acceptors (Lipinski definition) is 1. The van der Waals surface area contributed by atoms with Crippen molar-refractivity contribution in [2.24, 2.45) is 0 Å². The molecule has 96 valence electrons. The lowest BCUT2D eigenvalue weighted by Gasteiger charge is -2.16. The molecule has 0 saturated heterocycles. The van der Waals surface area contributed by atoms with Gasteiger partial charge in [0.25, 0.3) is 0 Å². The number of nitrogens with zero attached hydrogens (tertiary/aromatic N) is 1. The predicted molar refractivity (Wildman–Crippen MR) is 70.7 cm³/mol. The van der Waals surface area contributed by atoms with Crippen LogP contribution in [0.5, 0.6) is 0 Å². The maximum atomic E-state index is 13.9. The van der Waals surface area contributed by atoms with Crippen LogP contribution < -0.4 is 0 Å². The molecule has 3 rings (SSSR count). The maximum absolute atomic E-state index is 13.9. The van der Waals surface area contributed by atoms with Crippen LogP contribution in [0.3, 0.4) is 0 Å². The molecule has 1 nitrogen and oxygen atoms in total. The molecule has 19 heavy (non-hydrogen) atoms. The van der Waals surface area contributed by atoms with Gasteiger partial charge < -0.3 is 0 Å². The van der Waals surface area contributed by atoms with E-state index in [1.54, 1.807) is 18.3 Å². The zero-order valence-electron chi connectivity index (χ0n) is 10.3. The lowest BCUT2D eigenvalue weighted by atomic mass is 9.90. The number of benzene rings is 1. The Bertz CT molecular complexity index is 634. The molecular formula is C16H13F2N. The summed E-state index contributed by atoms with van der Waals surface area (Å²) in [6.07, 6.45) is 7.04. The van der Waals surface area contributed by atoms with Crippen molar-refractivity contribution in [3.63, 3.8) is 0 Å². The minimum absolute atomic E-state index is 0.0441. The summed E-state index contributed by atoms with van der Waals surface area (Å²) in [6.45, 7) is 0. The van der Waals surface area contributed by atoms with Gasteiger partial charge in [-0.25, -0.2) is 8.78 Å². The van der Waals surface area contributed by atoms with Crippen LogP contribution in [0, 0.1) is 11.6 Å². The van der Waals surface area contributed by atoms with E-state index in [4.69, 9.17) is 0 Å². The van der Waals surface area contributed by atoms with Gasteiger partial charge in [0.1, 0.15) is 0 Å². The fourth-order valence-electron chi connectivity index (χ4n) is 2.54. The van der Waals surface area contributed by atoms with E-state index < -0.39 is 11.6 Å². The fourth-order valence-corrected chi connectivity index (χ4v) is 2.54. The van der Waals surface area contributed by atoms with Crippen LogP contribution >= 0.6 is 0 Å². The first-order chi connectivity index (χ1) is 9.25. The molecule has 0 bridgehead atoms. The molecule has 1 aliphatic carbocycles. The molecule has 0 radical (unpaired) electrons. The third kappa shape index (κ3) is 2.28. The predicted octanol–water partition coefficient (Wildman–Crippen LogP) is 4.10. The van der Waals surface area contributed by atoms with Gasteiger partial charge in [-0.1, -0.05) is 24.3 Å². The van der Waals surface area contributed by atoms with Crippen molar-refractivity contribution in [1.29, 1.82) is 0 Å². The summed E-state index contributed by atoms with van der Waals surface area (Å²) in [6, 6.07) is 8.24. The Morgan fingerprint density at radius 3 is 2.89 bits per heavy atom. The summed E-state index contributed by atoms with van der Waals surface area (Å²) in [7, 11) is 0. The number of allylic oxidation sites excluding steroid dienone is 1. The van der Waals surface area contributed by atoms with E-state index in [-0.39, 0.29) is 5.92 Å². The summed E-state index contributed by atoms with van der Waals surface area (Å²) in [5.74, 6) is -1.55. The van der Waals surface area contributed by atoms with E-state index in [0.29, 0.717) is 18.4 Å². The summed E-state index contributed by atoms with van der Waals surface area (Å²) in [5, 5.41) is 0. The van der Waals surface area contributed by atoms with Gasteiger partial charge in [-0.2, -0.15) is 0 Å². The number of pyridine rings is 1. The molecule has 1 unspecified atom stereocenters. The zero-order chi connectivity index (χ0) is 13.2. The highest BCUT2D eigenvalue weighted by Crippen LogP contribution is 2.31. The van der Waals surface area contributed by atoms with Crippen molar-refractivity contribution in [1.82, 2.24) is 4.98 Å². The lowest BCUT2D eigenvalue weighted by Crippen LogP contribution is -2.06. The Labute approximate surface area is 110 Å². The topological polar surface area (TPSA) is 12.9 Å². The quantitative estimate of drug-likeness (QED) is 0.749. The number of rotatable bonds is 1. The minimum Gasteiger partial charge on any atom is -0.257 e. The van der Waals surface area contributed by atoms with Gasteiger partial charge in [0, 0.05) is 6.20 Å². The van der Waals surface area contributed by atoms with Crippen molar-refractivity contribution in [3.8, 4) is 0 Å². The number of hydrogen-bond donors (Lipinski definition) is 0. The molecule has 2 aromatic rings. The highest BCUT2D eigenvalue weighted by molar-refractivity contribution is 5.51. The molecule has 0 spiro atoms. The van der Waals surface area contributed by atoms with Crippen molar-refractivity contribution >= 4 is 6.08 Å². The van der Waals surface area contributed by atoms with E-state index in [0.717, 1.165) is 17.3 Å². The zero-order valence-corrected chi connectivity index (χ0v) is 10.3. The van der Waals surface area contributed by atoms with E-state index in [2.05, 4.69) is 4.98 Å². The maximum Gasteiger partial charge on any atom is 0.162 e. The Kier molecular flexibility index (Phi) is 3.11. The molecule has 0 aliphatic heterocycles. The molecule has 1 atom stereocenters. The second-order valence-electron chi connectivity index (χ2n) is 4.73. The van der Waals surface area contributed by atoms with Crippen LogP contribution in [0.15, 0.2) is 42.6 Å². The third-order valence-corrected chi connectivity index (χ3v) is 3.51. The third-order valence-electron chi connectivity index (χ3n) is 3.51. The fraction of sp³-hybridized carbons (Fsp3) is 0.188. The van der Waals surface area contributed by atoms with Crippen LogP contribution in [0.1, 0.15) is 29.2 Å². The molecule has 1 aromatic heterocycles. The molecule has 1 aliphatic rings. The molecule has 1 aromatic carbocycles. The average Bonchev–Trinajstić information content (AvgIpc) is 2.64. The highest BCUT2D eigenvalue weighted by Gasteiger charge is 2.20. The van der Waals surface area contributed by atoms with E-state index in [1.165, 1.54) is 0 Å². The van der Waals surface area contributed by atoms with Crippen LogP contribution in [-0.2, 0) is 6.42 Å². The van der Waals surface area contributed by atoms with Gasteiger partial charge in [-0.05, 0) is 48.1 Å². The second-order valence-corrected chi connectivity index (χ2v) is 4.73. The standard InChI is InChI=1S/C16H13F2N/c17-14-7-2-6-13(16(14)18)11-4-1-8-15-12(10-11)5-3-9-19-15/h1-3,5-9,11H,4,10H2. The molecule has 0 fully saturated rings. The van der Waals surface area contributed by atoms with Gasteiger partial charge >= 0.3 is 0 Å². The Morgan fingerprint density at radius 2 is 2.00 bits per heavy atom.